The van der Waals surface area contributed by atoms with Crippen LogP contribution in [0.15, 0.2) is 29.6 Å². The minimum atomic E-state index is -4.73. The second-order valence-corrected chi connectivity index (χ2v) is 4.28. The second-order valence-electron chi connectivity index (χ2n) is 4.28. The van der Waals surface area contributed by atoms with Crippen LogP contribution in [0.25, 0.3) is 0 Å². The summed E-state index contributed by atoms with van der Waals surface area (Å²) in [5, 5.41) is 23.8. The fraction of sp³-hybridized carbons (Fsp3) is 0.417. The number of nitriles is 1. The molecule has 0 aromatic carbocycles. The van der Waals surface area contributed by atoms with Gasteiger partial charge in [-0.15, -0.1) is 0 Å². The number of alkyl halides is 3. The molecule has 0 radical (unpaired) electrons. The number of hydrogen-bond acceptors (Lipinski definition) is 6. The zero-order chi connectivity index (χ0) is 15.6. The van der Waals surface area contributed by atoms with Gasteiger partial charge in [0.15, 0.2) is 12.3 Å². The molecule has 1 aliphatic rings. The molecule has 0 aliphatic carbocycles. The molecule has 1 aromatic heterocycles. The summed E-state index contributed by atoms with van der Waals surface area (Å²) in [4.78, 5) is 3.76. The molecule has 2 heterocycles. The second kappa shape index (κ2) is 5.67. The number of halogens is 3. The maximum absolute atomic E-state index is 13.0. The van der Waals surface area contributed by atoms with Gasteiger partial charge in [-0.2, -0.15) is 23.5 Å². The quantitative estimate of drug-likeness (QED) is 0.909. The summed E-state index contributed by atoms with van der Waals surface area (Å²) in [5.41, 5.74) is -0.117. The van der Waals surface area contributed by atoms with Gasteiger partial charge in [-0.05, 0) is 12.1 Å². The number of methoxy groups -OCH3 is 1. The number of nitrogens with zero attached hydrogens (tertiary/aromatic N) is 4. The number of aromatic nitrogens is 1. The molecule has 21 heavy (non-hydrogen) atoms. The molecule has 1 aliphatic heterocycles. The number of anilines is 1. The van der Waals surface area contributed by atoms with Crippen LogP contribution in [-0.4, -0.2) is 41.4 Å². The highest BCUT2D eigenvalue weighted by Crippen LogP contribution is 2.36. The van der Waals surface area contributed by atoms with E-state index >= 15 is 0 Å². The van der Waals surface area contributed by atoms with Crippen LogP contribution in [0, 0.1) is 17.2 Å². The van der Waals surface area contributed by atoms with Crippen LogP contribution in [0.1, 0.15) is 0 Å². The lowest BCUT2D eigenvalue weighted by Gasteiger charge is -2.28. The van der Waals surface area contributed by atoms with Crippen LogP contribution in [0.4, 0.5) is 18.9 Å². The van der Waals surface area contributed by atoms with E-state index in [9.17, 15) is 18.3 Å². The molecule has 3 atom stereocenters. The maximum Gasteiger partial charge on any atom is 0.415 e. The third-order valence-corrected chi connectivity index (χ3v) is 3.05. The van der Waals surface area contributed by atoms with Crippen molar-refractivity contribution >= 4 is 11.4 Å². The highest BCUT2D eigenvalue weighted by atomic mass is 19.4. The number of hydrogen-bond donors (Lipinski definition) is 1. The van der Waals surface area contributed by atoms with E-state index in [-0.39, 0.29) is 0 Å². The number of aliphatic hydroxyl groups excluding tert-OH is 1. The molecule has 2 rings (SSSR count). The minimum Gasteiger partial charge on any atom is -0.371 e. The van der Waals surface area contributed by atoms with Crippen LogP contribution in [0.3, 0.4) is 0 Å². The monoisotopic (exact) mass is 300 g/mol. The lowest BCUT2D eigenvalue weighted by molar-refractivity contribution is -0.227. The third kappa shape index (κ3) is 2.81. The number of ether oxygens (including phenoxy) is 1. The van der Waals surface area contributed by atoms with Gasteiger partial charge >= 0.3 is 6.18 Å². The fourth-order valence-corrected chi connectivity index (χ4v) is 2.12. The molecule has 0 saturated heterocycles. The summed E-state index contributed by atoms with van der Waals surface area (Å²) in [5.74, 6) is -1.62. The molecule has 0 bridgehead atoms. The molecule has 3 unspecified atom stereocenters. The zero-order valence-corrected chi connectivity index (χ0v) is 10.8. The number of rotatable bonds is 3. The van der Waals surface area contributed by atoms with Gasteiger partial charge in [-0.25, -0.2) is 5.01 Å². The van der Waals surface area contributed by atoms with E-state index in [2.05, 4.69) is 14.8 Å². The Bertz CT molecular complexity index is 570. The van der Waals surface area contributed by atoms with E-state index < -0.39 is 30.1 Å². The Morgan fingerprint density at radius 1 is 1.43 bits per heavy atom. The largest absolute Gasteiger partial charge is 0.415 e. The van der Waals surface area contributed by atoms with Crippen molar-refractivity contribution in [1.29, 1.82) is 5.26 Å². The molecular formula is C12H11F3N4O2. The van der Waals surface area contributed by atoms with Crippen molar-refractivity contribution in [1.82, 2.24) is 4.98 Å². The minimum absolute atomic E-state index is 0.324. The van der Waals surface area contributed by atoms with Gasteiger partial charge in [-0.1, -0.05) is 0 Å². The molecule has 0 fully saturated rings. The van der Waals surface area contributed by atoms with E-state index in [4.69, 9.17) is 5.26 Å². The summed E-state index contributed by atoms with van der Waals surface area (Å²) in [6.07, 6.45) is -5.92. The molecule has 1 aromatic rings. The standard InChI is InChI=1S/C12H11F3N4O2/c1-21-10(12(13,14)15)9-8(6-16)18-19(11(9)20)7-2-4-17-5-3-7/h2-5,9-11,20H,1H3. The SMILES string of the molecule is COC(C1C(C#N)=NN(c2ccncc2)C1O)C(F)(F)F. The predicted molar refractivity (Wildman–Crippen MR) is 66.1 cm³/mol. The van der Waals surface area contributed by atoms with Crippen LogP contribution < -0.4 is 5.01 Å². The van der Waals surface area contributed by atoms with Gasteiger partial charge in [-0.3, -0.25) is 4.98 Å². The molecule has 112 valence electrons. The lowest BCUT2D eigenvalue weighted by Crippen LogP contribution is -2.47. The Hall–Kier alpha value is -2.18. The molecule has 1 N–H and O–H groups in total. The van der Waals surface area contributed by atoms with Crippen molar-refractivity contribution < 1.29 is 23.0 Å². The Kier molecular flexibility index (Phi) is 4.11. The third-order valence-electron chi connectivity index (χ3n) is 3.05. The van der Waals surface area contributed by atoms with Gasteiger partial charge in [0.1, 0.15) is 11.8 Å². The molecular weight excluding hydrogens is 289 g/mol. The predicted octanol–water partition coefficient (Wildman–Crippen LogP) is 1.29. The number of aliphatic hydroxyl groups is 1. The van der Waals surface area contributed by atoms with Crippen molar-refractivity contribution in [3.8, 4) is 6.07 Å². The van der Waals surface area contributed by atoms with Gasteiger partial charge in [0, 0.05) is 19.5 Å². The summed E-state index contributed by atoms with van der Waals surface area (Å²) in [6, 6.07) is 4.50. The average Bonchev–Trinajstić information content (AvgIpc) is 2.77. The van der Waals surface area contributed by atoms with Crippen LogP contribution in [-0.2, 0) is 4.74 Å². The first-order valence-electron chi connectivity index (χ1n) is 5.85. The highest BCUT2D eigenvalue weighted by molar-refractivity contribution is 6.03. The maximum atomic E-state index is 13.0. The van der Waals surface area contributed by atoms with Gasteiger partial charge < -0.3 is 9.84 Å². The summed E-state index contributed by atoms with van der Waals surface area (Å²) in [7, 11) is 0.870. The van der Waals surface area contributed by atoms with Gasteiger partial charge in [0.2, 0.25) is 0 Å². The Balaban J connectivity index is 2.38. The van der Waals surface area contributed by atoms with Crippen molar-refractivity contribution in [2.24, 2.45) is 11.0 Å². The van der Waals surface area contributed by atoms with Crippen molar-refractivity contribution in [3.05, 3.63) is 24.5 Å². The van der Waals surface area contributed by atoms with Crippen LogP contribution in [0.2, 0.25) is 0 Å². The number of hydrazone groups is 1. The van der Waals surface area contributed by atoms with Crippen molar-refractivity contribution in [2.45, 2.75) is 18.5 Å². The average molecular weight is 300 g/mol. The van der Waals surface area contributed by atoms with E-state index in [0.717, 1.165) is 12.1 Å². The summed E-state index contributed by atoms with van der Waals surface area (Å²) in [6.45, 7) is 0. The number of pyridine rings is 1. The first-order valence-corrected chi connectivity index (χ1v) is 5.85. The summed E-state index contributed by atoms with van der Waals surface area (Å²) < 4.78 is 43.3. The molecule has 0 amide bonds. The highest BCUT2D eigenvalue weighted by Gasteiger charge is 2.53. The lowest BCUT2D eigenvalue weighted by atomic mass is 9.95. The van der Waals surface area contributed by atoms with Gasteiger partial charge in [0.05, 0.1) is 11.6 Å². The smallest absolute Gasteiger partial charge is 0.371 e. The first kappa shape index (κ1) is 15.2. The normalized spacial score (nSPS) is 23.6. The molecule has 0 saturated carbocycles. The Morgan fingerprint density at radius 2 is 2.05 bits per heavy atom. The van der Waals surface area contributed by atoms with Crippen molar-refractivity contribution in [2.75, 3.05) is 12.1 Å². The van der Waals surface area contributed by atoms with Crippen molar-refractivity contribution in [3.63, 3.8) is 0 Å². The Morgan fingerprint density at radius 3 is 2.52 bits per heavy atom. The zero-order valence-electron chi connectivity index (χ0n) is 10.8. The van der Waals surface area contributed by atoms with E-state index in [0.29, 0.717) is 5.69 Å². The molecule has 0 spiro atoms. The van der Waals surface area contributed by atoms with E-state index in [1.54, 1.807) is 6.07 Å². The summed E-state index contributed by atoms with van der Waals surface area (Å²) >= 11 is 0. The fourth-order valence-electron chi connectivity index (χ4n) is 2.12. The van der Waals surface area contributed by atoms with Crippen LogP contribution >= 0.6 is 0 Å². The topological polar surface area (TPSA) is 81.7 Å². The first-order chi connectivity index (χ1) is 9.90. The van der Waals surface area contributed by atoms with Gasteiger partial charge in [0.25, 0.3) is 0 Å². The Labute approximate surface area is 118 Å². The van der Waals surface area contributed by atoms with Crippen LogP contribution in [0.5, 0.6) is 0 Å². The van der Waals surface area contributed by atoms with E-state index in [1.807, 2.05) is 0 Å². The molecule has 9 heteroatoms. The molecule has 6 nitrogen and oxygen atoms in total. The van der Waals surface area contributed by atoms with E-state index in [1.165, 1.54) is 24.5 Å².